The number of benzene rings is 1. The normalized spacial score (nSPS) is 11.1. The second-order valence-electron chi connectivity index (χ2n) is 3.28. The van der Waals surface area contributed by atoms with Gasteiger partial charge < -0.3 is 0 Å². The largest absolute Gasteiger partial charge is 0.242 e. The third-order valence-corrected chi connectivity index (χ3v) is 2.89. The number of hydrogen-bond acceptors (Lipinski definition) is 2. The SMILES string of the molecule is [CH2]/C=C/c1cccc(-c2csc(C)n2)c1. The van der Waals surface area contributed by atoms with Gasteiger partial charge in [0.2, 0.25) is 0 Å². The first-order valence-electron chi connectivity index (χ1n) is 4.78. The van der Waals surface area contributed by atoms with Crippen LogP contribution in [0.4, 0.5) is 0 Å². The molecule has 1 heterocycles. The Labute approximate surface area is 94.1 Å². The molecule has 0 aliphatic rings. The van der Waals surface area contributed by atoms with Gasteiger partial charge in [0.05, 0.1) is 10.7 Å². The van der Waals surface area contributed by atoms with Gasteiger partial charge in [-0.15, -0.1) is 11.3 Å². The van der Waals surface area contributed by atoms with Gasteiger partial charge in [-0.3, -0.25) is 0 Å². The van der Waals surface area contributed by atoms with Crippen molar-refractivity contribution in [1.82, 2.24) is 4.98 Å². The van der Waals surface area contributed by atoms with E-state index >= 15 is 0 Å². The fraction of sp³-hybridized carbons (Fsp3) is 0.0769. The Morgan fingerprint density at radius 1 is 1.40 bits per heavy atom. The van der Waals surface area contributed by atoms with Gasteiger partial charge in [0.15, 0.2) is 0 Å². The monoisotopic (exact) mass is 214 g/mol. The molecule has 75 valence electrons. The van der Waals surface area contributed by atoms with Crippen LogP contribution in [0.25, 0.3) is 17.3 Å². The molecule has 0 bridgehead atoms. The molecule has 0 aliphatic carbocycles. The molecular weight excluding hydrogens is 202 g/mol. The summed E-state index contributed by atoms with van der Waals surface area (Å²) in [4.78, 5) is 4.46. The molecule has 1 nitrogen and oxygen atoms in total. The Bertz CT molecular complexity index is 483. The molecule has 0 atom stereocenters. The van der Waals surface area contributed by atoms with Gasteiger partial charge in [-0.2, -0.15) is 0 Å². The first-order valence-corrected chi connectivity index (χ1v) is 5.66. The average Bonchev–Trinajstić information content (AvgIpc) is 2.66. The summed E-state index contributed by atoms with van der Waals surface area (Å²) < 4.78 is 0. The molecule has 0 aliphatic heterocycles. The molecule has 0 amide bonds. The lowest BCUT2D eigenvalue weighted by atomic mass is 10.1. The van der Waals surface area contributed by atoms with Crippen molar-refractivity contribution >= 4 is 17.4 Å². The van der Waals surface area contributed by atoms with Gasteiger partial charge in [0.1, 0.15) is 0 Å². The van der Waals surface area contributed by atoms with Crippen LogP contribution in [0, 0.1) is 13.8 Å². The lowest BCUT2D eigenvalue weighted by Gasteiger charge is -1.98. The van der Waals surface area contributed by atoms with E-state index in [9.17, 15) is 0 Å². The lowest BCUT2D eigenvalue weighted by Crippen LogP contribution is -1.79. The Morgan fingerprint density at radius 3 is 2.93 bits per heavy atom. The zero-order chi connectivity index (χ0) is 10.7. The quantitative estimate of drug-likeness (QED) is 0.737. The Balaban J connectivity index is 2.40. The zero-order valence-electron chi connectivity index (χ0n) is 8.60. The highest BCUT2D eigenvalue weighted by Gasteiger charge is 2.01. The fourth-order valence-electron chi connectivity index (χ4n) is 1.43. The number of aromatic nitrogens is 1. The van der Waals surface area contributed by atoms with E-state index in [1.807, 2.05) is 19.1 Å². The van der Waals surface area contributed by atoms with Gasteiger partial charge in [-0.25, -0.2) is 4.98 Å². The highest BCUT2D eigenvalue weighted by molar-refractivity contribution is 7.09. The lowest BCUT2D eigenvalue weighted by molar-refractivity contribution is 1.30. The van der Waals surface area contributed by atoms with Gasteiger partial charge in [-0.1, -0.05) is 30.4 Å². The third-order valence-electron chi connectivity index (χ3n) is 2.11. The van der Waals surface area contributed by atoms with Crippen molar-refractivity contribution in [2.45, 2.75) is 6.92 Å². The van der Waals surface area contributed by atoms with Crippen LogP contribution in [-0.2, 0) is 0 Å². The molecule has 0 N–H and O–H groups in total. The van der Waals surface area contributed by atoms with E-state index in [0.29, 0.717) is 0 Å². The predicted octanol–water partition coefficient (Wildman–Crippen LogP) is 3.97. The molecule has 15 heavy (non-hydrogen) atoms. The summed E-state index contributed by atoms with van der Waals surface area (Å²) in [6.07, 6.45) is 3.79. The van der Waals surface area contributed by atoms with Gasteiger partial charge >= 0.3 is 0 Å². The number of aryl methyl sites for hydroxylation is 1. The van der Waals surface area contributed by atoms with Crippen molar-refractivity contribution in [3.05, 3.63) is 53.2 Å². The van der Waals surface area contributed by atoms with Crippen molar-refractivity contribution in [2.24, 2.45) is 0 Å². The molecule has 1 radical (unpaired) electrons. The van der Waals surface area contributed by atoms with Crippen LogP contribution in [0.15, 0.2) is 35.7 Å². The van der Waals surface area contributed by atoms with Crippen LogP contribution in [0.2, 0.25) is 0 Å². The van der Waals surface area contributed by atoms with E-state index < -0.39 is 0 Å². The maximum atomic E-state index is 4.46. The molecule has 2 aromatic rings. The molecule has 2 heteroatoms. The van der Waals surface area contributed by atoms with Gasteiger partial charge in [0, 0.05) is 10.9 Å². The minimum atomic E-state index is 1.05. The first-order chi connectivity index (χ1) is 7.29. The summed E-state index contributed by atoms with van der Waals surface area (Å²) >= 11 is 1.68. The van der Waals surface area contributed by atoms with Crippen LogP contribution in [-0.4, -0.2) is 4.98 Å². The molecule has 1 aromatic heterocycles. The standard InChI is InChI=1S/C13H12NS/c1-3-5-11-6-4-7-12(8-11)13-9-15-10(2)14-13/h3-9H,1H2,2H3/b5-3+. The number of rotatable bonds is 2. The Hall–Kier alpha value is -1.41. The number of allylic oxidation sites excluding steroid dienone is 1. The van der Waals surface area contributed by atoms with Crippen molar-refractivity contribution in [1.29, 1.82) is 0 Å². The van der Waals surface area contributed by atoms with Crippen LogP contribution in [0.1, 0.15) is 10.6 Å². The maximum absolute atomic E-state index is 4.46. The van der Waals surface area contributed by atoms with E-state index in [4.69, 9.17) is 0 Å². The molecule has 0 saturated carbocycles. The molecule has 0 spiro atoms. The average molecular weight is 214 g/mol. The van der Waals surface area contributed by atoms with Crippen LogP contribution in [0.3, 0.4) is 0 Å². The number of nitrogens with zero attached hydrogens (tertiary/aromatic N) is 1. The van der Waals surface area contributed by atoms with E-state index in [0.717, 1.165) is 21.8 Å². The summed E-state index contributed by atoms with van der Waals surface area (Å²) in [7, 11) is 0. The molecular formula is C13H12NS. The van der Waals surface area contributed by atoms with Crippen molar-refractivity contribution in [2.75, 3.05) is 0 Å². The van der Waals surface area contributed by atoms with Crippen LogP contribution in [0.5, 0.6) is 0 Å². The zero-order valence-corrected chi connectivity index (χ0v) is 9.42. The van der Waals surface area contributed by atoms with E-state index in [1.165, 1.54) is 0 Å². The molecule has 0 unspecified atom stereocenters. The van der Waals surface area contributed by atoms with Gasteiger partial charge in [0.25, 0.3) is 0 Å². The molecule has 0 saturated heterocycles. The highest BCUT2D eigenvalue weighted by atomic mass is 32.1. The van der Waals surface area contributed by atoms with Crippen molar-refractivity contribution in [3.63, 3.8) is 0 Å². The fourth-order valence-corrected chi connectivity index (χ4v) is 2.06. The summed E-state index contributed by atoms with van der Waals surface area (Å²) in [5.41, 5.74) is 3.37. The van der Waals surface area contributed by atoms with Crippen molar-refractivity contribution < 1.29 is 0 Å². The van der Waals surface area contributed by atoms with Crippen molar-refractivity contribution in [3.8, 4) is 11.3 Å². The summed E-state index contributed by atoms with van der Waals surface area (Å²) in [6.45, 7) is 5.72. The van der Waals surface area contributed by atoms with Crippen LogP contribution >= 0.6 is 11.3 Å². The first kappa shape index (κ1) is 10.1. The van der Waals surface area contributed by atoms with E-state index in [-0.39, 0.29) is 0 Å². The summed E-state index contributed by atoms with van der Waals surface area (Å²) in [5.74, 6) is 0. The second kappa shape index (κ2) is 4.41. The minimum absolute atomic E-state index is 1.05. The third kappa shape index (κ3) is 2.34. The Morgan fingerprint density at radius 2 is 2.27 bits per heavy atom. The number of thiazole rings is 1. The van der Waals surface area contributed by atoms with E-state index in [2.05, 4.69) is 35.5 Å². The molecule has 1 aromatic carbocycles. The smallest absolute Gasteiger partial charge is 0.0901 e. The highest BCUT2D eigenvalue weighted by Crippen LogP contribution is 2.22. The topological polar surface area (TPSA) is 12.9 Å². The maximum Gasteiger partial charge on any atom is 0.0901 e. The minimum Gasteiger partial charge on any atom is -0.242 e. The summed E-state index contributed by atoms with van der Waals surface area (Å²) in [6, 6.07) is 8.30. The predicted molar refractivity (Wildman–Crippen MR) is 66.7 cm³/mol. The molecule has 2 rings (SSSR count). The van der Waals surface area contributed by atoms with E-state index in [1.54, 1.807) is 17.4 Å². The number of hydrogen-bond donors (Lipinski definition) is 0. The van der Waals surface area contributed by atoms with Gasteiger partial charge in [-0.05, 0) is 25.5 Å². The Kier molecular flexibility index (Phi) is 2.97. The van der Waals surface area contributed by atoms with Crippen LogP contribution < -0.4 is 0 Å². The summed E-state index contributed by atoms with van der Waals surface area (Å²) in [5, 5.41) is 3.19. The second-order valence-corrected chi connectivity index (χ2v) is 4.34. The molecule has 0 fully saturated rings.